The topological polar surface area (TPSA) is 44.7 Å². The van der Waals surface area contributed by atoms with Crippen LogP contribution in [0, 0.1) is 0 Å². The Bertz CT molecular complexity index is 971. The molecule has 1 unspecified atom stereocenters. The van der Waals surface area contributed by atoms with Crippen LogP contribution in [0.25, 0.3) is 5.69 Å². The van der Waals surface area contributed by atoms with Gasteiger partial charge in [0.15, 0.2) is 11.5 Å². The van der Waals surface area contributed by atoms with E-state index in [1.807, 2.05) is 32.0 Å². The average molecular weight is 414 g/mol. The fraction of sp³-hybridized carbons (Fsp3) is 0.304. The summed E-state index contributed by atoms with van der Waals surface area (Å²) in [6.45, 7) is 5.89. The van der Waals surface area contributed by atoms with Crippen LogP contribution in [0.4, 0.5) is 0 Å². The van der Waals surface area contributed by atoms with E-state index < -0.39 is 0 Å². The van der Waals surface area contributed by atoms with Gasteiger partial charge in [-0.1, -0.05) is 18.2 Å². The van der Waals surface area contributed by atoms with Gasteiger partial charge in [0, 0.05) is 30.1 Å². The molecule has 0 fully saturated rings. The summed E-state index contributed by atoms with van der Waals surface area (Å²) in [6.07, 6.45) is 2.10. The fourth-order valence-electron chi connectivity index (χ4n) is 3.83. The molecule has 1 atom stereocenters. The minimum atomic E-state index is 0. The molecule has 6 heteroatoms. The van der Waals surface area contributed by atoms with E-state index in [1.54, 1.807) is 7.11 Å². The fourth-order valence-corrected chi connectivity index (χ4v) is 3.83. The Labute approximate surface area is 178 Å². The molecule has 1 aromatic heterocycles. The summed E-state index contributed by atoms with van der Waals surface area (Å²) >= 11 is 0. The molecule has 5 nitrogen and oxygen atoms in total. The SMILES string of the molecule is CCOc1cc2c(cc1OCC)-n1cccc1C(c1ccccc1OC)NC2.[Cl-]. The van der Waals surface area contributed by atoms with Crippen molar-refractivity contribution in [2.45, 2.75) is 26.4 Å². The van der Waals surface area contributed by atoms with Crippen LogP contribution in [0.2, 0.25) is 0 Å². The van der Waals surface area contributed by atoms with E-state index in [-0.39, 0.29) is 18.4 Å². The first kappa shape index (κ1) is 21.1. The number of halogens is 1. The van der Waals surface area contributed by atoms with Crippen LogP contribution in [0.3, 0.4) is 0 Å². The van der Waals surface area contributed by atoms with Crippen LogP contribution < -0.4 is 31.9 Å². The van der Waals surface area contributed by atoms with Crippen molar-refractivity contribution in [2.75, 3.05) is 20.3 Å². The van der Waals surface area contributed by atoms with Crippen molar-refractivity contribution in [3.05, 3.63) is 71.5 Å². The zero-order chi connectivity index (χ0) is 19.5. The van der Waals surface area contributed by atoms with Crippen molar-refractivity contribution in [2.24, 2.45) is 0 Å². The molecule has 154 valence electrons. The summed E-state index contributed by atoms with van der Waals surface area (Å²) in [5.74, 6) is 2.44. The number of rotatable bonds is 6. The lowest BCUT2D eigenvalue weighted by molar-refractivity contribution is -0.00000692. The van der Waals surface area contributed by atoms with Gasteiger partial charge in [0.2, 0.25) is 0 Å². The van der Waals surface area contributed by atoms with Gasteiger partial charge in [-0.05, 0) is 43.7 Å². The maximum absolute atomic E-state index is 5.86. The highest BCUT2D eigenvalue weighted by molar-refractivity contribution is 5.57. The van der Waals surface area contributed by atoms with E-state index in [2.05, 4.69) is 46.4 Å². The molecule has 0 spiro atoms. The van der Waals surface area contributed by atoms with Gasteiger partial charge in [-0.15, -0.1) is 0 Å². The summed E-state index contributed by atoms with van der Waals surface area (Å²) < 4.78 is 19.5. The Hall–Kier alpha value is -2.63. The van der Waals surface area contributed by atoms with Crippen molar-refractivity contribution < 1.29 is 26.6 Å². The molecule has 0 bridgehead atoms. The summed E-state index contributed by atoms with van der Waals surface area (Å²) in [6, 6.07) is 16.6. The first-order valence-electron chi connectivity index (χ1n) is 9.73. The Morgan fingerprint density at radius 3 is 2.41 bits per heavy atom. The summed E-state index contributed by atoms with van der Waals surface area (Å²) in [7, 11) is 1.71. The molecular formula is C23H26ClN2O3-. The largest absolute Gasteiger partial charge is 1.00 e. The zero-order valence-electron chi connectivity index (χ0n) is 16.9. The molecule has 0 radical (unpaired) electrons. The predicted molar refractivity (Wildman–Crippen MR) is 110 cm³/mol. The number of aromatic nitrogens is 1. The monoisotopic (exact) mass is 413 g/mol. The van der Waals surface area contributed by atoms with Gasteiger partial charge in [0.25, 0.3) is 0 Å². The third kappa shape index (κ3) is 3.93. The van der Waals surface area contributed by atoms with Gasteiger partial charge in [0.05, 0.1) is 32.1 Å². The molecular weight excluding hydrogens is 388 g/mol. The summed E-state index contributed by atoms with van der Waals surface area (Å²) in [5, 5.41) is 3.69. The van der Waals surface area contributed by atoms with Crippen LogP contribution in [-0.2, 0) is 6.54 Å². The quantitative estimate of drug-likeness (QED) is 0.665. The van der Waals surface area contributed by atoms with Crippen LogP contribution in [0.15, 0.2) is 54.7 Å². The van der Waals surface area contributed by atoms with E-state index in [0.29, 0.717) is 19.8 Å². The molecule has 29 heavy (non-hydrogen) atoms. The van der Waals surface area contributed by atoms with E-state index in [4.69, 9.17) is 14.2 Å². The molecule has 2 heterocycles. The molecule has 0 saturated carbocycles. The summed E-state index contributed by atoms with van der Waals surface area (Å²) in [4.78, 5) is 0. The van der Waals surface area contributed by atoms with Gasteiger partial charge in [-0.3, -0.25) is 0 Å². The molecule has 4 rings (SSSR count). The molecule has 1 N–H and O–H groups in total. The number of fused-ring (bicyclic) bond motifs is 3. The van der Waals surface area contributed by atoms with Crippen molar-refractivity contribution in [3.8, 4) is 22.9 Å². The molecule has 3 aromatic rings. The third-order valence-corrected chi connectivity index (χ3v) is 5.03. The van der Waals surface area contributed by atoms with Gasteiger partial charge in [-0.2, -0.15) is 0 Å². The number of hydrogen-bond acceptors (Lipinski definition) is 4. The zero-order valence-corrected chi connectivity index (χ0v) is 17.7. The number of methoxy groups -OCH3 is 1. The Kier molecular flexibility index (Phi) is 6.72. The second kappa shape index (κ2) is 9.25. The van der Waals surface area contributed by atoms with Crippen LogP contribution in [0.1, 0.15) is 36.7 Å². The van der Waals surface area contributed by atoms with Crippen molar-refractivity contribution in [1.29, 1.82) is 0 Å². The average Bonchev–Trinajstić information content (AvgIpc) is 3.14. The summed E-state index contributed by atoms with van der Waals surface area (Å²) in [5.41, 5.74) is 4.56. The van der Waals surface area contributed by atoms with Crippen LogP contribution in [-0.4, -0.2) is 24.9 Å². The van der Waals surface area contributed by atoms with Crippen molar-refractivity contribution in [3.63, 3.8) is 0 Å². The highest BCUT2D eigenvalue weighted by Crippen LogP contribution is 2.38. The van der Waals surface area contributed by atoms with Gasteiger partial charge in [0.1, 0.15) is 5.75 Å². The van der Waals surface area contributed by atoms with E-state index in [0.717, 1.165) is 34.2 Å². The van der Waals surface area contributed by atoms with Gasteiger partial charge < -0.3 is 36.5 Å². The first-order valence-corrected chi connectivity index (χ1v) is 9.73. The van der Waals surface area contributed by atoms with Crippen molar-refractivity contribution >= 4 is 0 Å². The number of nitrogens with zero attached hydrogens (tertiary/aromatic N) is 1. The maximum Gasteiger partial charge on any atom is 0.163 e. The van der Waals surface area contributed by atoms with Gasteiger partial charge >= 0.3 is 0 Å². The lowest BCUT2D eigenvalue weighted by Gasteiger charge is -2.20. The minimum Gasteiger partial charge on any atom is -1.00 e. The minimum absolute atomic E-state index is 0. The molecule has 0 aliphatic carbocycles. The van der Waals surface area contributed by atoms with Crippen LogP contribution >= 0.6 is 0 Å². The number of hydrogen-bond donors (Lipinski definition) is 1. The van der Waals surface area contributed by atoms with E-state index in [9.17, 15) is 0 Å². The molecule has 1 aliphatic heterocycles. The van der Waals surface area contributed by atoms with E-state index in [1.165, 1.54) is 5.56 Å². The predicted octanol–water partition coefficient (Wildman–Crippen LogP) is 1.48. The smallest absolute Gasteiger partial charge is 0.163 e. The van der Waals surface area contributed by atoms with Crippen molar-refractivity contribution in [1.82, 2.24) is 9.88 Å². The highest BCUT2D eigenvalue weighted by atomic mass is 35.5. The first-order chi connectivity index (χ1) is 13.8. The molecule has 0 saturated heterocycles. The standard InChI is InChI=1S/C23H26N2O3.ClH/c1-4-27-21-13-16-15-24-23(17-9-6-7-11-20(17)26-3)18-10-8-12-25(18)19(16)14-22(21)28-5-2;/h6-14,23-24H,4-5,15H2,1-3H3;1H/p-1. The number of benzene rings is 2. The number of ether oxygens (including phenoxy) is 3. The lowest BCUT2D eigenvalue weighted by Crippen LogP contribution is -3.00. The molecule has 2 aromatic carbocycles. The number of nitrogens with one attached hydrogen (secondary N) is 1. The highest BCUT2D eigenvalue weighted by Gasteiger charge is 2.26. The Balaban J connectivity index is 0.00000240. The Morgan fingerprint density at radius 1 is 0.966 bits per heavy atom. The second-order valence-corrected chi connectivity index (χ2v) is 6.65. The number of para-hydroxylation sites is 1. The van der Waals surface area contributed by atoms with E-state index >= 15 is 0 Å². The normalized spacial score (nSPS) is 14.8. The second-order valence-electron chi connectivity index (χ2n) is 6.65. The lowest BCUT2D eigenvalue weighted by atomic mass is 10.0. The third-order valence-electron chi connectivity index (χ3n) is 5.03. The molecule has 0 amide bonds. The maximum atomic E-state index is 5.86. The van der Waals surface area contributed by atoms with Gasteiger partial charge in [-0.25, -0.2) is 0 Å². The molecule has 1 aliphatic rings. The Morgan fingerprint density at radius 2 is 1.69 bits per heavy atom. The van der Waals surface area contributed by atoms with Crippen LogP contribution in [0.5, 0.6) is 17.2 Å².